The number of primary amides is 1. The fourth-order valence-corrected chi connectivity index (χ4v) is 2.44. The van der Waals surface area contributed by atoms with Crippen LogP contribution in [-0.4, -0.2) is 30.0 Å². The van der Waals surface area contributed by atoms with Gasteiger partial charge in [-0.15, -0.1) is 0 Å². The van der Waals surface area contributed by atoms with Gasteiger partial charge in [-0.05, 0) is 31.9 Å². The summed E-state index contributed by atoms with van der Waals surface area (Å²) in [5.41, 5.74) is 4.51. The van der Waals surface area contributed by atoms with Crippen LogP contribution in [0, 0.1) is 0 Å². The van der Waals surface area contributed by atoms with Crippen LogP contribution >= 0.6 is 0 Å². The van der Waals surface area contributed by atoms with E-state index in [1.807, 2.05) is 0 Å². The van der Waals surface area contributed by atoms with Crippen molar-refractivity contribution in [3.8, 4) is 0 Å². The highest BCUT2D eigenvalue weighted by Crippen LogP contribution is 2.34. The standard InChI is InChI=1S/C13H17F3N4O/c1-2-18-10-6-8(13(14,15)16)7-11(19-10)20-5-3-4-9(20)12(17)21/h6-7,9H,2-5H2,1H3,(H2,17,21)(H,18,19). The molecule has 8 heteroatoms. The minimum absolute atomic E-state index is 0.127. The summed E-state index contributed by atoms with van der Waals surface area (Å²) in [6, 6.07) is 1.32. The number of hydrogen-bond donors (Lipinski definition) is 2. The molecule has 0 bridgehead atoms. The molecule has 0 aromatic carbocycles. The predicted molar refractivity (Wildman–Crippen MR) is 73.0 cm³/mol. The van der Waals surface area contributed by atoms with E-state index in [4.69, 9.17) is 5.73 Å². The fraction of sp³-hybridized carbons (Fsp3) is 0.538. The van der Waals surface area contributed by atoms with Gasteiger partial charge in [0, 0.05) is 13.1 Å². The van der Waals surface area contributed by atoms with E-state index in [-0.39, 0.29) is 11.6 Å². The summed E-state index contributed by atoms with van der Waals surface area (Å²) in [5, 5.41) is 2.77. The summed E-state index contributed by atoms with van der Waals surface area (Å²) in [6.07, 6.45) is -3.24. The second-order valence-corrected chi connectivity index (χ2v) is 4.88. The number of carbonyl (C=O) groups excluding carboxylic acids is 1. The monoisotopic (exact) mass is 302 g/mol. The number of amides is 1. The molecule has 0 radical (unpaired) electrons. The van der Waals surface area contributed by atoms with Crippen molar-refractivity contribution >= 4 is 17.5 Å². The minimum atomic E-state index is -4.47. The summed E-state index contributed by atoms with van der Waals surface area (Å²) in [5.74, 6) is -0.281. The maximum Gasteiger partial charge on any atom is 0.416 e. The molecule has 1 aromatic heterocycles. The third kappa shape index (κ3) is 3.37. The lowest BCUT2D eigenvalue weighted by atomic mass is 10.2. The van der Waals surface area contributed by atoms with Gasteiger partial charge in [-0.25, -0.2) is 4.98 Å². The topological polar surface area (TPSA) is 71.2 Å². The highest BCUT2D eigenvalue weighted by Gasteiger charge is 2.35. The average Bonchev–Trinajstić information content (AvgIpc) is 2.87. The molecule has 0 saturated carbocycles. The molecule has 5 nitrogen and oxygen atoms in total. The molecule has 1 amide bonds. The molecule has 3 N–H and O–H groups in total. The van der Waals surface area contributed by atoms with E-state index < -0.39 is 23.7 Å². The van der Waals surface area contributed by atoms with Gasteiger partial charge in [0.25, 0.3) is 0 Å². The first-order chi connectivity index (χ1) is 9.82. The van der Waals surface area contributed by atoms with Crippen LogP contribution in [0.1, 0.15) is 25.3 Å². The van der Waals surface area contributed by atoms with Gasteiger partial charge in [0.1, 0.15) is 17.7 Å². The Morgan fingerprint density at radius 1 is 1.52 bits per heavy atom. The smallest absolute Gasteiger partial charge is 0.370 e. The van der Waals surface area contributed by atoms with Crippen LogP contribution in [0.5, 0.6) is 0 Å². The van der Waals surface area contributed by atoms with E-state index in [1.54, 1.807) is 11.8 Å². The van der Waals surface area contributed by atoms with E-state index in [1.165, 1.54) is 0 Å². The average molecular weight is 302 g/mol. The molecule has 1 unspecified atom stereocenters. The quantitative estimate of drug-likeness (QED) is 0.892. The van der Waals surface area contributed by atoms with Gasteiger partial charge in [0.2, 0.25) is 5.91 Å². The summed E-state index contributed by atoms with van der Waals surface area (Å²) in [7, 11) is 0. The Balaban J connectivity index is 2.42. The number of nitrogens with two attached hydrogens (primary N) is 1. The maximum absolute atomic E-state index is 13.0. The van der Waals surface area contributed by atoms with Gasteiger partial charge in [0.05, 0.1) is 5.56 Å². The van der Waals surface area contributed by atoms with Crippen molar-refractivity contribution < 1.29 is 18.0 Å². The Morgan fingerprint density at radius 2 is 2.24 bits per heavy atom. The van der Waals surface area contributed by atoms with E-state index in [9.17, 15) is 18.0 Å². The summed E-state index contributed by atoms with van der Waals surface area (Å²) in [6.45, 7) is 2.68. The number of aromatic nitrogens is 1. The molecule has 21 heavy (non-hydrogen) atoms. The number of nitrogens with one attached hydrogen (secondary N) is 1. The molecule has 0 aliphatic carbocycles. The second-order valence-electron chi connectivity index (χ2n) is 4.88. The number of rotatable bonds is 4. The van der Waals surface area contributed by atoms with Crippen LogP contribution in [-0.2, 0) is 11.0 Å². The highest BCUT2D eigenvalue weighted by molar-refractivity contribution is 5.84. The zero-order valence-electron chi connectivity index (χ0n) is 11.6. The molecule has 1 aliphatic heterocycles. The third-order valence-electron chi connectivity index (χ3n) is 3.37. The Bertz CT molecular complexity index is 533. The number of nitrogens with zero attached hydrogens (tertiary/aromatic N) is 2. The number of alkyl halides is 3. The zero-order valence-corrected chi connectivity index (χ0v) is 11.6. The van der Waals surface area contributed by atoms with Gasteiger partial charge in [-0.3, -0.25) is 4.79 Å². The molecule has 1 fully saturated rings. The first kappa shape index (κ1) is 15.4. The van der Waals surface area contributed by atoms with Crippen molar-refractivity contribution in [2.45, 2.75) is 32.0 Å². The normalized spacial score (nSPS) is 18.9. The van der Waals surface area contributed by atoms with Crippen LogP contribution in [0.2, 0.25) is 0 Å². The molecule has 2 heterocycles. The Morgan fingerprint density at radius 3 is 2.81 bits per heavy atom. The third-order valence-corrected chi connectivity index (χ3v) is 3.37. The summed E-state index contributed by atoms with van der Waals surface area (Å²) in [4.78, 5) is 17.1. The van der Waals surface area contributed by atoms with Gasteiger partial charge in [-0.2, -0.15) is 13.2 Å². The van der Waals surface area contributed by atoms with Crippen molar-refractivity contribution in [3.05, 3.63) is 17.7 Å². The van der Waals surface area contributed by atoms with Crippen molar-refractivity contribution in [3.63, 3.8) is 0 Å². The number of pyridine rings is 1. The lowest BCUT2D eigenvalue weighted by Gasteiger charge is -2.24. The van der Waals surface area contributed by atoms with Gasteiger partial charge >= 0.3 is 6.18 Å². The lowest BCUT2D eigenvalue weighted by molar-refractivity contribution is -0.137. The predicted octanol–water partition coefficient (Wildman–Crippen LogP) is 1.99. The molecular weight excluding hydrogens is 285 g/mol. The molecular formula is C13H17F3N4O. The van der Waals surface area contributed by atoms with Crippen LogP contribution < -0.4 is 16.0 Å². The van der Waals surface area contributed by atoms with E-state index in [2.05, 4.69) is 10.3 Å². The van der Waals surface area contributed by atoms with E-state index in [0.29, 0.717) is 25.9 Å². The Labute approximate surface area is 120 Å². The van der Waals surface area contributed by atoms with Crippen molar-refractivity contribution in [1.29, 1.82) is 0 Å². The van der Waals surface area contributed by atoms with Crippen LogP contribution in [0.25, 0.3) is 0 Å². The summed E-state index contributed by atoms with van der Waals surface area (Å²) >= 11 is 0. The Kier molecular flexibility index (Phi) is 4.24. The fourth-order valence-electron chi connectivity index (χ4n) is 2.44. The van der Waals surface area contributed by atoms with Crippen molar-refractivity contribution in [1.82, 2.24) is 4.98 Å². The first-order valence-corrected chi connectivity index (χ1v) is 6.72. The molecule has 0 spiro atoms. The highest BCUT2D eigenvalue weighted by atomic mass is 19.4. The Hall–Kier alpha value is -1.99. The van der Waals surface area contributed by atoms with Crippen LogP contribution in [0.15, 0.2) is 12.1 Å². The van der Waals surface area contributed by atoms with Gasteiger partial charge in [0.15, 0.2) is 0 Å². The van der Waals surface area contributed by atoms with Crippen LogP contribution in [0.4, 0.5) is 24.8 Å². The number of carbonyl (C=O) groups is 1. The minimum Gasteiger partial charge on any atom is -0.370 e. The molecule has 1 saturated heterocycles. The van der Waals surface area contributed by atoms with Gasteiger partial charge < -0.3 is 16.0 Å². The number of hydrogen-bond acceptors (Lipinski definition) is 4. The van der Waals surface area contributed by atoms with E-state index in [0.717, 1.165) is 12.1 Å². The summed E-state index contributed by atoms with van der Waals surface area (Å²) < 4.78 is 38.9. The maximum atomic E-state index is 13.0. The molecule has 1 aromatic rings. The van der Waals surface area contributed by atoms with Crippen LogP contribution in [0.3, 0.4) is 0 Å². The number of halogens is 3. The second kappa shape index (κ2) is 5.79. The number of anilines is 2. The lowest BCUT2D eigenvalue weighted by Crippen LogP contribution is -2.40. The molecule has 1 aliphatic rings. The molecule has 1 atom stereocenters. The first-order valence-electron chi connectivity index (χ1n) is 6.72. The largest absolute Gasteiger partial charge is 0.416 e. The van der Waals surface area contributed by atoms with E-state index >= 15 is 0 Å². The molecule has 2 rings (SSSR count). The van der Waals surface area contributed by atoms with Crippen molar-refractivity contribution in [2.24, 2.45) is 5.73 Å². The van der Waals surface area contributed by atoms with Crippen molar-refractivity contribution in [2.75, 3.05) is 23.3 Å². The zero-order chi connectivity index (χ0) is 15.6. The SMILES string of the molecule is CCNc1cc(C(F)(F)F)cc(N2CCCC2C(N)=O)n1. The molecule has 116 valence electrons. The van der Waals surface area contributed by atoms with Gasteiger partial charge in [-0.1, -0.05) is 0 Å².